The number of aromatic nitrogens is 4. The van der Waals surface area contributed by atoms with E-state index in [1.165, 1.54) is 6.33 Å². The van der Waals surface area contributed by atoms with Crippen LogP contribution >= 0.6 is 7.82 Å². The summed E-state index contributed by atoms with van der Waals surface area (Å²) < 4.78 is 23.1. The molecule has 0 saturated heterocycles. The van der Waals surface area contributed by atoms with Crippen LogP contribution in [0.4, 0.5) is 5.82 Å². The lowest BCUT2D eigenvalue weighted by Crippen LogP contribution is -2.42. The first-order chi connectivity index (χ1) is 11.5. The molecular weight excluding hydrogens is 337 g/mol. The van der Waals surface area contributed by atoms with Crippen LogP contribution in [0.3, 0.4) is 0 Å². The molecule has 0 aromatic carbocycles. The second-order valence-corrected chi connectivity index (χ2v) is 7.13. The fraction of sp³-hybridized carbons (Fsp3) is 0.615. The van der Waals surface area contributed by atoms with E-state index in [4.69, 9.17) is 10.3 Å². The molecule has 0 amide bonds. The number of imidazole rings is 1. The summed E-state index contributed by atoms with van der Waals surface area (Å²) in [5.41, 5.74) is 6.90. The average Bonchev–Trinajstić information content (AvgIpc) is 2.92. The average molecular weight is 357 g/mol. The summed E-state index contributed by atoms with van der Waals surface area (Å²) in [6.07, 6.45) is 3.65. The summed E-state index contributed by atoms with van der Waals surface area (Å²) in [5, 5.41) is 9.68. The van der Waals surface area contributed by atoms with Gasteiger partial charge in [-0.25, -0.2) is 19.5 Å². The third-order valence-electron chi connectivity index (χ3n) is 4.34. The number of hydrogen-bond acceptors (Lipinski definition) is 8. The van der Waals surface area contributed by atoms with Crippen molar-refractivity contribution in [3.63, 3.8) is 0 Å². The Morgan fingerprint density at radius 1 is 1.42 bits per heavy atom. The SMILES string of the molecule is CCOP(=O)(O)OC[C@H]1C[C@@H](n2cnc3c(N)ncnc32)[C@@H]1CO. The molecule has 0 radical (unpaired) electrons. The minimum atomic E-state index is -4.03. The van der Waals surface area contributed by atoms with Crippen LogP contribution in [0.5, 0.6) is 0 Å². The Kier molecular flexibility index (Phi) is 4.84. The van der Waals surface area contributed by atoms with E-state index in [0.29, 0.717) is 23.4 Å². The van der Waals surface area contributed by atoms with Crippen LogP contribution in [0.15, 0.2) is 12.7 Å². The molecule has 1 fully saturated rings. The van der Waals surface area contributed by atoms with E-state index in [0.717, 1.165) is 0 Å². The van der Waals surface area contributed by atoms with Gasteiger partial charge in [0.1, 0.15) is 11.8 Å². The molecule has 2 heterocycles. The predicted octanol–water partition coefficient (Wildman–Crippen LogP) is 0.732. The van der Waals surface area contributed by atoms with Crippen molar-refractivity contribution in [1.29, 1.82) is 0 Å². The van der Waals surface area contributed by atoms with Crippen LogP contribution < -0.4 is 5.73 Å². The maximum absolute atomic E-state index is 11.6. The molecule has 1 aliphatic carbocycles. The third kappa shape index (κ3) is 3.15. The molecule has 4 atom stereocenters. The van der Waals surface area contributed by atoms with Gasteiger partial charge in [-0.05, 0) is 19.3 Å². The van der Waals surface area contributed by atoms with Gasteiger partial charge in [-0.3, -0.25) is 9.05 Å². The molecule has 2 aromatic heterocycles. The number of aliphatic hydroxyl groups excluding tert-OH is 1. The van der Waals surface area contributed by atoms with Gasteiger partial charge in [0.25, 0.3) is 0 Å². The molecule has 4 N–H and O–H groups in total. The van der Waals surface area contributed by atoms with E-state index < -0.39 is 7.82 Å². The highest BCUT2D eigenvalue weighted by Crippen LogP contribution is 2.49. The standard InChI is InChI=1S/C13H20N5O5P/c1-2-22-24(20,21)23-5-8-3-10(9(8)4-19)18-7-17-11-12(14)15-6-16-13(11)18/h6-10,19H,2-5H2,1H3,(H,20,21)(H2,14,15,16)/t8-,9-,10-/m1/s1. The fourth-order valence-electron chi connectivity index (χ4n) is 3.06. The summed E-state index contributed by atoms with van der Waals surface area (Å²) >= 11 is 0. The Bertz CT molecular complexity index is 768. The van der Waals surface area contributed by atoms with E-state index in [1.54, 1.807) is 13.3 Å². The number of aliphatic hydroxyl groups is 1. The molecule has 132 valence electrons. The van der Waals surface area contributed by atoms with Crippen LogP contribution in [-0.2, 0) is 13.6 Å². The molecule has 1 aliphatic rings. The Balaban J connectivity index is 1.71. The van der Waals surface area contributed by atoms with Crippen molar-refractivity contribution >= 4 is 24.8 Å². The molecule has 2 aromatic rings. The Morgan fingerprint density at radius 3 is 2.92 bits per heavy atom. The lowest BCUT2D eigenvalue weighted by molar-refractivity contribution is -0.00774. The number of hydrogen-bond donors (Lipinski definition) is 3. The Morgan fingerprint density at radius 2 is 2.21 bits per heavy atom. The van der Waals surface area contributed by atoms with E-state index in [9.17, 15) is 14.6 Å². The maximum Gasteiger partial charge on any atom is 0.472 e. The van der Waals surface area contributed by atoms with Crippen LogP contribution in [0, 0.1) is 11.8 Å². The first kappa shape index (κ1) is 17.2. The molecule has 0 aliphatic heterocycles. The largest absolute Gasteiger partial charge is 0.472 e. The summed E-state index contributed by atoms with van der Waals surface area (Å²) in [7, 11) is -4.03. The van der Waals surface area contributed by atoms with Gasteiger partial charge in [0.2, 0.25) is 0 Å². The van der Waals surface area contributed by atoms with E-state index in [2.05, 4.69) is 19.5 Å². The van der Waals surface area contributed by atoms with Crippen molar-refractivity contribution in [3.05, 3.63) is 12.7 Å². The van der Waals surface area contributed by atoms with Gasteiger partial charge >= 0.3 is 7.82 Å². The minimum absolute atomic E-state index is 0.0342. The van der Waals surface area contributed by atoms with Gasteiger partial charge in [-0.1, -0.05) is 0 Å². The summed E-state index contributed by atoms with van der Waals surface area (Å²) in [5.74, 6) is 0.106. The summed E-state index contributed by atoms with van der Waals surface area (Å²) in [6.45, 7) is 1.66. The normalized spacial score (nSPS) is 26.2. The molecule has 1 unspecified atom stereocenters. The van der Waals surface area contributed by atoms with Gasteiger partial charge in [-0.2, -0.15) is 0 Å². The number of phosphoric ester groups is 1. The number of anilines is 1. The zero-order valence-electron chi connectivity index (χ0n) is 13.1. The van der Waals surface area contributed by atoms with E-state index >= 15 is 0 Å². The fourth-order valence-corrected chi connectivity index (χ4v) is 3.84. The molecule has 10 nitrogen and oxygen atoms in total. The van der Waals surface area contributed by atoms with Gasteiger partial charge in [0.05, 0.1) is 19.5 Å². The number of phosphoric acid groups is 1. The van der Waals surface area contributed by atoms with Gasteiger partial charge < -0.3 is 20.3 Å². The zero-order valence-corrected chi connectivity index (χ0v) is 14.0. The molecule has 3 rings (SSSR count). The van der Waals surface area contributed by atoms with Crippen LogP contribution in [-0.4, -0.2) is 49.3 Å². The van der Waals surface area contributed by atoms with Gasteiger partial charge in [0, 0.05) is 18.6 Å². The Hall–Kier alpha value is -1.58. The van der Waals surface area contributed by atoms with Crippen molar-refractivity contribution in [1.82, 2.24) is 19.5 Å². The number of rotatable bonds is 7. The quantitative estimate of drug-likeness (QED) is 0.610. The first-order valence-electron chi connectivity index (χ1n) is 7.62. The highest BCUT2D eigenvalue weighted by atomic mass is 31.2. The molecular formula is C13H20N5O5P. The predicted molar refractivity (Wildman–Crippen MR) is 84.9 cm³/mol. The van der Waals surface area contributed by atoms with Crippen LogP contribution in [0.1, 0.15) is 19.4 Å². The lowest BCUT2D eigenvalue weighted by Gasteiger charge is -2.44. The zero-order chi connectivity index (χ0) is 17.3. The van der Waals surface area contributed by atoms with Crippen molar-refractivity contribution in [2.45, 2.75) is 19.4 Å². The minimum Gasteiger partial charge on any atom is -0.396 e. The first-order valence-corrected chi connectivity index (χ1v) is 9.12. The topological polar surface area (TPSA) is 146 Å². The van der Waals surface area contributed by atoms with E-state index in [-0.39, 0.29) is 37.7 Å². The number of nitrogen functional groups attached to an aromatic ring is 1. The highest BCUT2D eigenvalue weighted by Gasteiger charge is 2.43. The molecule has 11 heteroatoms. The van der Waals surface area contributed by atoms with Crippen LogP contribution in [0.25, 0.3) is 11.2 Å². The van der Waals surface area contributed by atoms with Crippen LogP contribution in [0.2, 0.25) is 0 Å². The third-order valence-corrected chi connectivity index (χ3v) is 5.40. The summed E-state index contributed by atoms with van der Waals surface area (Å²) in [6, 6.07) is -0.0342. The monoisotopic (exact) mass is 357 g/mol. The van der Waals surface area contributed by atoms with Gasteiger partial charge in [0.15, 0.2) is 11.5 Å². The van der Waals surface area contributed by atoms with E-state index in [1.807, 2.05) is 4.57 Å². The van der Waals surface area contributed by atoms with Crippen molar-refractivity contribution < 1.29 is 23.6 Å². The highest BCUT2D eigenvalue weighted by molar-refractivity contribution is 7.47. The number of fused-ring (bicyclic) bond motifs is 1. The molecule has 24 heavy (non-hydrogen) atoms. The molecule has 1 saturated carbocycles. The Labute approximate surface area is 138 Å². The molecule has 0 bridgehead atoms. The number of nitrogens with zero attached hydrogens (tertiary/aromatic N) is 4. The summed E-state index contributed by atoms with van der Waals surface area (Å²) in [4.78, 5) is 21.8. The second kappa shape index (κ2) is 6.73. The maximum atomic E-state index is 11.6. The van der Waals surface area contributed by atoms with Crippen molar-refractivity contribution in [2.75, 3.05) is 25.6 Å². The van der Waals surface area contributed by atoms with Crippen molar-refractivity contribution in [2.24, 2.45) is 11.8 Å². The van der Waals surface area contributed by atoms with Crippen molar-refractivity contribution in [3.8, 4) is 0 Å². The lowest BCUT2D eigenvalue weighted by atomic mass is 9.70. The smallest absolute Gasteiger partial charge is 0.396 e. The molecule has 0 spiro atoms. The second-order valence-electron chi connectivity index (χ2n) is 5.67. The number of nitrogens with two attached hydrogens (primary N) is 1. The van der Waals surface area contributed by atoms with Gasteiger partial charge in [-0.15, -0.1) is 0 Å².